The second-order valence-corrected chi connectivity index (χ2v) is 7.52. The lowest BCUT2D eigenvalue weighted by Crippen LogP contribution is -2.65. The van der Waals surface area contributed by atoms with Gasteiger partial charge in [0, 0.05) is 56.5 Å². The van der Waals surface area contributed by atoms with Crippen LogP contribution < -0.4 is 4.74 Å². The van der Waals surface area contributed by atoms with Crippen LogP contribution in [0, 0.1) is 0 Å². The highest BCUT2D eigenvalue weighted by Gasteiger charge is 2.48. The third kappa shape index (κ3) is 3.70. The van der Waals surface area contributed by atoms with Gasteiger partial charge < -0.3 is 9.47 Å². The zero-order valence-corrected chi connectivity index (χ0v) is 15.0. The molecule has 25 heavy (non-hydrogen) atoms. The normalized spacial score (nSPS) is 22.9. The molecule has 2 aliphatic rings. The molecule has 134 valence electrons. The van der Waals surface area contributed by atoms with Crippen molar-refractivity contribution in [3.8, 4) is 5.75 Å². The summed E-state index contributed by atoms with van der Waals surface area (Å²) < 4.78 is 14.2. The number of ether oxygens (including phenoxy) is 2. The van der Waals surface area contributed by atoms with Gasteiger partial charge in [-0.2, -0.15) is 5.10 Å². The first kappa shape index (κ1) is 16.5. The van der Waals surface area contributed by atoms with E-state index in [1.165, 1.54) is 5.56 Å². The molecule has 2 saturated heterocycles. The standard InChI is InChI=1S/C19H26N4O2/c1-15(2)23-12-16(9-21-23)11-22-13-19(14-22)8-17(5-7-24-19)25-18-4-3-6-20-10-18/h3-4,6,9-10,12,15,17H,5,7-8,11,13-14H2,1-2H3. The lowest BCUT2D eigenvalue weighted by Gasteiger charge is -2.53. The molecular formula is C19H26N4O2. The minimum atomic E-state index is -0.0425. The van der Waals surface area contributed by atoms with Gasteiger partial charge in [-0.3, -0.25) is 14.6 Å². The molecule has 0 aliphatic carbocycles. The summed E-state index contributed by atoms with van der Waals surface area (Å²) in [6, 6.07) is 4.28. The lowest BCUT2D eigenvalue weighted by molar-refractivity contribution is -0.188. The van der Waals surface area contributed by atoms with Gasteiger partial charge in [0.05, 0.1) is 24.6 Å². The Labute approximate surface area is 148 Å². The Bertz CT molecular complexity index is 694. The van der Waals surface area contributed by atoms with Crippen LogP contribution in [0.3, 0.4) is 0 Å². The molecule has 0 aromatic carbocycles. The largest absolute Gasteiger partial charge is 0.489 e. The monoisotopic (exact) mass is 342 g/mol. The van der Waals surface area contributed by atoms with Crippen molar-refractivity contribution in [1.82, 2.24) is 19.7 Å². The highest BCUT2D eigenvalue weighted by molar-refractivity contribution is 5.16. The topological polar surface area (TPSA) is 52.4 Å². The van der Waals surface area contributed by atoms with Crippen LogP contribution in [0.2, 0.25) is 0 Å². The van der Waals surface area contributed by atoms with Crippen molar-refractivity contribution in [1.29, 1.82) is 0 Å². The number of nitrogens with zero attached hydrogens (tertiary/aromatic N) is 4. The van der Waals surface area contributed by atoms with E-state index in [4.69, 9.17) is 9.47 Å². The van der Waals surface area contributed by atoms with Gasteiger partial charge in [-0.1, -0.05) is 0 Å². The number of hydrogen-bond donors (Lipinski definition) is 0. The molecule has 0 radical (unpaired) electrons. The number of rotatable bonds is 5. The van der Waals surface area contributed by atoms with Gasteiger partial charge in [0.25, 0.3) is 0 Å². The third-order valence-corrected chi connectivity index (χ3v) is 5.00. The summed E-state index contributed by atoms with van der Waals surface area (Å²) in [6.45, 7) is 7.93. The maximum Gasteiger partial charge on any atom is 0.138 e. The third-order valence-electron chi connectivity index (χ3n) is 5.00. The van der Waals surface area contributed by atoms with Crippen LogP contribution in [0.1, 0.15) is 38.3 Å². The Hall–Kier alpha value is -1.92. The molecule has 4 rings (SSSR count). The molecule has 1 spiro atoms. The van der Waals surface area contributed by atoms with E-state index in [2.05, 4.69) is 35.0 Å². The van der Waals surface area contributed by atoms with E-state index < -0.39 is 0 Å². The quantitative estimate of drug-likeness (QED) is 0.836. The van der Waals surface area contributed by atoms with Crippen LogP contribution in [0.15, 0.2) is 36.9 Å². The van der Waals surface area contributed by atoms with Crippen LogP contribution in [0.4, 0.5) is 0 Å². The lowest BCUT2D eigenvalue weighted by atomic mass is 9.84. The Morgan fingerprint density at radius 2 is 2.24 bits per heavy atom. The fraction of sp³-hybridized carbons (Fsp3) is 0.579. The van der Waals surface area contributed by atoms with Gasteiger partial charge >= 0.3 is 0 Å². The molecule has 1 unspecified atom stereocenters. The van der Waals surface area contributed by atoms with E-state index >= 15 is 0 Å². The van der Waals surface area contributed by atoms with Crippen LogP contribution in [0.25, 0.3) is 0 Å². The van der Waals surface area contributed by atoms with E-state index in [9.17, 15) is 0 Å². The first-order chi connectivity index (χ1) is 12.1. The first-order valence-electron chi connectivity index (χ1n) is 9.08. The maximum atomic E-state index is 6.12. The molecule has 2 aromatic rings. The van der Waals surface area contributed by atoms with Crippen molar-refractivity contribution in [3.63, 3.8) is 0 Å². The summed E-state index contributed by atoms with van der Waals surface area (Å²) in [5.41, 5.74) is 1.22. The van der Waals surface area contributed by atoms with Gasteiger partial charge in [-0.05, 0) is 26.0 Å². The average molecular weight is 342 g/mol. The molecule has 6 heteroatoms. The minimum Gasteiger partial charge on any atom is -0.489 e. The van der Waals surface area contributed by atoms with Crippen LogP contribution in [-0.2, 0) is 11.3 Å². The molecule has 6 nitrogen and oxygen atoms in total. The van der Waals surface area contributed by atoms with E-state index in [-0.39, 0.29) is 11.7 Å². The van der Waals surface area contributed by atoms with Gasteiger partial charge in [0.15, 0.2) is 0 Å². The van der Waals surface area contributed by atoms with Gasteiger partial charge in [0.1, 0.15) is 11.9 Å². The van der Waals surface area contributed by atoms with Crippen molar-refractivity contribution in [2.24, 2.45) is 0 Å². The molecule has 4 heterocycles. The van der Waals surface area contributed by atoms with Crippen molar-refractivity contribution in [3.05, 3.63) is 42.5 Å². The summed E-state index contributed by atoms with van der Waals surface area (Å²) >= 11 is 0. The molecule has 1 atom stereocenters. The van der Waals surface area contributed by atoms with Crippen molar-refractivity contribution < 1.29 is 9.47 Å². The zero-order valence-electron chi connectivity index (χ0n) is 15.0. The fourth-order valence-electron chi connectivity index (χ4n) is 3.79. The van der Waals surface area contributed by atoms with E-state index in [0.29, 0.717) is 6.04 Å². The molecule has 0 N–H and O–H groups in total. The summed E-state index contributed by atoms with van der Waals surface area (Å²) in [7, 11) is 0. The van der Waals surface area contributed by atoms with Crippen LogP contribution in [0.5, 0.6) is 5.75 Å². The number of aromatic nitrogens is 3. The maximum absolute atomic E-state index is 6.12. The summed E-state index contributed by atoms with van der Waals surface area (Å²) in [6.07, 6.45) is 9.77. The highest BCUT2D eigenvalue weighted by atomic mass is 16.5. The first-order valence-corrected chi connectivity index (χ1v) is 9.08. The number of likely N-dealkylation sites (tertiary alicyclic amines) is 1. The molecule has 0 bridgehead atoms. The average Bonchev–Trinajstić information content (AvgIpc) is 3.04. The van der Waals surface area contributed by atoms with Crippen molar-refractivity contribution in [2.75, 3.05) is 19.7 Å². The zero-order chi connectivity index (χ0) is 17.3. The predicted molar refractivity (Wildman–Crippen MR) is 94.5 cm³/mol. The Morgan fingerprint density at radius 1 is 1.36 bits per heavy atom. The van der Waals surface area contributed by atoms with Gasteiger partial charge in [-0.15, -0.1) is 0 Å². The Balaban J connectivity index is 1.30. The predicted octanol–water partition coefficient (Wildman–Crippen LogP) is 2.67. The van der Waals surface area contributed by atoms with Gasteiger partial charge in [0.2, 0.25) is 0 Å². The van der Waals surface area contributed by atoms with E-state index in [0.717, 1.165) is 44.8 Å². The summed E-state index contributed by atoms with van der Waals surface area (Å²) in [5.74, 6) is 0.849. The highest BCUT2D eigenvalue weighted by Crippen LogP contribution is 2.36. The molecule has 2 fully saturated rings. The van der Waals surface area contributed by atoms with Crippen LogP contribution in [-0.4, -0.2) is 51.1 Å². The molecule has 0 saturated carbocycles. The second kappa shape index (κ2) is 6.77. The Morgan fingerprint density at radius 3 is 2.96 bits per heavy atom. The van der Waals surface area contributed by atoms with Crippen molar-refractivity contribution >= 4 is 0 Å². The summed E-state index contributed by atoms with van der Waals surface area (Å²) in [4.78, 5) is 6.55. The van der Waals surface area contributed by atoms with Crippen LogP contribution >= 0.6 is 0 Å². The molecule has 2 aliphatic heterocycles. The van der Waals surface area contributed by atoms with Gasteiger partial charge in [-0.25, -0.2) is 0 Å². The summed E-state index contributed by atoms with van der Waals surface area (Å²) in [5, 5.41) is 4.42. The van der Waals surface area contributed by atoms with E-state index in [1.54, 1.807) is 12.4 Å². The Kier molecular flexibility index (Phi) is 4.48. The second-order valence-electron chi connectivity index (χ2n) is 7.52. The van der Waals surface area contributed by atoms with E-state index in [1.807, 2.05) is 23.0 Å². The fourth-order valence-corrected chi connectivity index (χ4v) is 3.79. The molecule has 2 aromatic heterocycles. The smallest absolute Gasteiger partial charge is 0.138 e. The minimum absolute atomic E-state index is 0.0425. The molecular weight excluding hydrogens is 316 g/mol. The SMILES string of the molecule is CC(C)n1cc(CN2CC3(CC(Oc4cccnc4)CCO3)C2)cn1. The number of pyridine rings is 1. The molecule has 0 amide bonds. The number of hydrogen-bond acceptors (Lipinski definition) is 5. The van der Waals surface area contributed by atoms with Crippen molar-refractivity contribution in [2.45, 2.75) is 51.0 Å².